The Labute approximate surface area is 203 Å². The largest absolute Gasteiger partial charge is 0.481 e. The number of rotatable bonds is 9. The zero-order chi connectivity index (χ0) is 24.6. The van der Waals surface area contributed by atoms with Crippen LogP contribution in [0.25, 0.3) is 0 Å². The molecule has 1 aliphatic rings. The van der Waals surface area contributed by atoms with Gasteiger partial charge in [-0.15, -0.1) is 0 Å². The quantitative estimate of drug-likeness (QED) is 0.364. The van der Waals surface area contributed by atoms with Crippen LogP contribution >= 0.6 is 11.6 Å². The number of ether oxygens (including phenoxy) is 2. The highest BCUT2D eigenvalue weighted by Crippen LogP contribution is 2.22. The van der Waals surface area contributed by atoms with E-state index in [0.717, 1.165) is 5.56 Å². The number of nitrogens with zero attached hydrogens (tertiary/aromatic N) is 1. The number of hydrogen-bond acceptors (Lipinski definition) is 7. The SMILES string of the molecule is CCOC(=O)C(Cc1ccccc1)NC(=O)C1(NC(=O)c2cc(Cl)nc(OC)c2)CCNCC1. The molecule has 3 N–H and O–H groups in total. The first-order valence-corrected chi connectivity index (χ1v) is 11.5. The van der Waals surface area contributed by atoms with E-state index < -0.39 is 29.4 Å². The Balaban J connectivity index is 1.83. The van der Waals surface area contributed by atoms with Crippen molar-refractivity contribution in [3.63, 3.8) is 0 Å². The summed E-state index contributed by atoms with van der Waals surface area (Å²) in [6.45, 7) is 2.95. The fourth-order valence-electron chi connectivity index (χ4n) is 3.84. The van der Waals surface area contributed by atoms with Gasteiger partial charge in [-0.25, -0.2) is 9.78 Å². The molecule has 2 aromatic rings. The molecular weight excluding hydrogens is 460 g/mol. The molecule has 1 aromatic heterocycles. The molecular formula is C24H29ClN4O5. The molecule has 3 rings (SSSR count). The van der Waals surface area contributed by atoms with E-state index in [4.69, 9.17) is 21.1 Å². The van der Waals surface area contributed by atoms with Gasteiger partial charge in [0.15, 0.2) is 0 Å². The normalized spacial score (nSPS) is 15.6. The predicted octanol–water partition coefficient (Wildman–Crippen LogP) is 1.89. The van der Waals surface area contributed by atoms with E-state index in [0.29, 0.717) is 25.9 Å². The molecule has 1 aliphatic heterocycles. The first-order chi connectivity index (χ1) is 16.4. The van der Waals surface area contributed by atoms with Gasteiger partial charge in [-0.2, -0.15) is 0 Å². The van der Waals surface area contributed by atoms with Crippen LogP contribution in [0.3, 0.4) is 0 Å². The standard InChI is InChI=1S/C24H29ClN4O5/c1-3-34-22(31)18(13-16-7-5-4-6-8-16)27-23(32)24(9-11-26-12-10-24)29-21(30)17-14-19(25)28-20(15-17)33-2/h4-8,14-15,18,26H,3,9-13H2,1-2H3,(H,27,32)(H,29,30). The van der Waals surface area contributed by atoms with Crippen LogP contribution in [0.5, 0.6) is 5.88 Å². The molecule has 1 saturated heterocycles. The van der Waals surface area contributed by atoms with E-state index in [2.05, 4.69) is 20.9 Å². The fraction of sp³-hybridized carbons (Fsp3) is 0.417. The lowest BCUT2D eigenvalue weighted by Crippen LogP contribution is -2.64. The minimum atomic E-state index is -1.22. The van der Waals surface area contributed by atoms with Crippen LogP contribution in [-0.2, 0) is 20.7 Å². The first-order valence-electron chi connectivity index (χ1n) is 11.1. The third kappa shape index (κ3) is 6.45. The van der Waals surface area contributed by atoms with E-state index >= 15 is 0 Å². The molecule has 1 fully saturated rings. The lowest BCUT2D eigenvalue weighted by Gasteiger charge is -2.37. The summed E-state index contributed by atoms with van der Waals surface area (Å²) in [5.74, 6) is -1.27. The maximum atomic E-state index is 13.6. The number of carbonyl (C=O) groups excluding carboxylic acids is 3. The summed E-state index contributed by atoms with van der Waals surface area (Å²) in [6, 6.07) is 11.3. The van der Waals surface area contributed by atoms with Crippen molar-refractivity contribution in [2.45, 2.75) is 37.8 Å². The zero-order valence-corrected chi connectivity index (χ0v) is 20.0. The number of nitrogens with one attached hydrogen (secondary N) is 3. The van der Waals surface area contributed by atoms with Crippen molar-refractivity contribution >= 4 is 29.4 Å². The van der Waals surface area contributed by atoms with Crippen LogP contribution in [-0.4, -0.2) is 61.2 Å². The average Bonchev–Trinajstić information content (AvgIpc) is 2.84. The molecule has 2 amide bonds. The Kier molecular flexibility index (Phi) is 8.84. The molecule has 10 heteroatoms. The maximum Gasteiger partial charge on any atom is 0.328 e. The van der Waals surface area contributed by atoms with Crippen molar-refractivity contribution in [2.75, 3.05) is 26.8 Å². The number of esters is 1. The lowest BCUT2D eigenvalue weighted by atomic mass is 9.86. The number of methoxy groups -OCH3 is 1. The second kappa shape index (κ2) is 11.8. The summed E-state index contributed by atoms with van der Waals surface area (Å²) in [6.07, 6.45) is 0.966. The van der Waals surface area contributed by atoms with Gasteiger partial charge in [-0.3, -0.25) is 9.59 Å². The minimum Gasteiger partial charge on any atom is -0.481 e. The van der Waals surface area contributed by atoms with E-state index in [9.17, 15) is 14.4 Å². The molecule has 1 atom stereocenters. The second-order valence-corrected chi connectivity index (χ2v) is 8.36. The summed E-state index contributed by atoms with van der Waals surface area (Å²) < 4.78 is 10.3. The molecule has 0 aliphatic carbocycles. The lowest BCUT2D eigenvalue weighted by molar-refractivity contribution is -0.148. The van der Waals surface area contributed by atoms with Crippen LogP contribution in [0.4, 0.5) is 0 Å². The Bertz CT molecular complexity index is 1010. The molecule has 2 heterocycles. The molecule has 1 unspecified atom stereocenters. The van der Waals surface area contributed by atoms with E-state index in [-0.39, 0.29) is 29.6 Å². The summed E-state index contributed by atoms with van der Waals surface area (Å²) in [5.41, 5.74) is -0.121. The van der Waals surface area contributed by atoms with Crippen LogP contribution in [0.2, 0.25) is 5.15 Å². The summed E-state index contributed by atoms with van der Waals surface area (Å²) in [5, 5.41) is 9.01. The van der Waals surface area contributed by atoms with Crippen LogP contribution in [0, 0.1) is 0 Å². The van der Waals surface area contributed by atoms with Crippen molar-refractivity contribution in [1.82, 2.24) is 20.9 Å². The highest BCUT2D eigenvalue weighted by Gasteiger charge is 2.42. The topological polar surface area (TPSA) is 119 Å². The Morgan fingerprint density at radius 1 is 1.18 bits per heavy atom. The molecule has 0 saturated carbocycles. The zero-order valence-electron chi connectivity index (χ0n) is 19.2. The van der Waals surface area contributed by atoms with Gasteiger partial charge in [-0.1, -0.05) is 41.9 Å². The van der Waals surface area contributed by atoms with Gasteiger partial charge >= 0.3 is 5.97 Å². The highest BCUT2D eigenvalue weighted by molar-refractivity contribution is 6.29. The van der Waals surface area contributed by atoms with E-state index in [1.807, 2.05) is 30.3 Å². The maximum absolute atomic E-state index is 13.6. The van der Waals surface area contributed by atoms with E-state index in [1.165, 1.54) is 19.2 Å². The minimum absolute atomic E-state index is 0.0959. The third-order valence-corrected chi connectivity index (χ3v) is 5.84. The molecule has 0 bridgehead atoms. The summed E-state index contributed by atoms with van der Waals surface area (Å²) in [7, 11) is 1.42. The number of pyridine rings is 1. The number of aromatic nitrogens is 1. The number of halogens is 1. The Morgan fingerprint density at radius 2 is 1.88 bits per heavy atom. The number of piperidine rings is 1. The van der Waals surface area contributed by atoms with Gasteiger partial charge in [0.2, 0.25) is 11.8 Å². The monoisotopic (exact) mass is 488 g/mol. The van der Waals surface area contributed by atoms with Crippen molar-refractivity contribution < 1.29 is 23.9 Å². The molecule has 182 valence electrons. The number of hydrogen-bond donors (Lipinski definition) is 3. The second-order valence-electron chi connectivity index (χ2n) is 7.97. The average molecular weight is 489 g/mol. The highest BCUT2D eigenvalue weighted by atomic mass is 35.5. The number of carbonyl (C=O) groups is 3. The molecule has 1 aromatic carbocycles. The van der Waals surface area contributed by atoms with Crippen molar-refractivity contribution in [3.05, 3.63) is 58.7 Å². The summed E-state index contributed by atoms with van der Waals surface area (Å²) in [4.78, 5) is 43.3. The van der Waals surface area contributed by atoms with Gasteiger partial charge < -0.3 is 25.4 Å². The third-order valence-electron chi connectivity index (χ3n) is 5.65. The van der Waals surface area contributed by atoms with Gasteiger partial charge in [-0.05, 0) is 44.5 Å². The number of amides is 2. The number of benzene rings is 1. The molecule has 34 heavy (non-hydrogen) atoms. The molecule has 0 spiro atoms. The van der Waals surface area contributed by atoms with Crippen LogP contribution in [0.15, 0.2) is 42.5 Å². The molecule has 9 nitrogen and oxygen atoms in total. The predicted molar refractivity (Wildman–Crippen MR) is 127 cm³/mol. The Morgan fingerprint density at radius 3 is 2.53 bits per heavy atom. The summed E-state index contributed by atoms with van der Waals surface area (Å²) >= 11 is 6.01. The van der Waals surface area contributed by atoms with Gasteiger partial charge in [0.05, 0.1) is 13.7 Å². The fourth-order valence-corrected chi connectivity index (χ4v) is 4.04. The van der Waals surface area contributed by atoms with Crippen LogP contribution < -0.4 is 20.7 Å². The smallest absolute Gasteiger partial charge is 0.328 e. The van der Waals surface area contributed by atoms with E-state index in [1.54, 1.807) is 6.92 Å². The van der Waals surface area contributed by atoms with Crippen LogP contribution in [0.1, 0.15) is 35.7 Å². The van der Waals surface area contributed by atoms with Gasteiger partial charge in [0.1, 0.15) is 16.7 Å². The van der Waals surface area contributed by atoms with Gasteiger partial charge in [0, 0.05) is 18.1 Å². The van der Waals surface area contributed by atoms with Crippen molar-refractivity contribution in [2.24, 2.45) is 0 Å². The van der Waals surface area contributed by atoms with Crippen molar-refractivity contribution in [3.8, 4) is 5.88 Å². The van der Waals surface area contributed by atoms with Gasteiger partial charge in [0.25, 0.3) is 5.91 Å². The first kappa shape index (κ1) is 25.5. The van der Waals surface area contributed by atoms with Crippen molar-refractivity contribution in [1.29, 1.82) is 0 Å². The Hall–Kier alpha value is -3.17. The molecule has 0 radical (unpaired) electrons.